The van der Waals surface area contributed by atoms with E-state index < -0.39 is 6.10 Å². The average Bonchev–Trinajstić information content (AvgIpc) is 2.73. The molecule has 7 atom stereocenters. The third-order valence-electron chi connectivity index (χ3n) is 7.71. The van der Waals surface area contributed by atoms with Crippen molar-refractivity contribution in [1.29, 1.82) is 0 Å². The van der Waals surface area contributed by atoms with E-state index in [1.807, 2.05) is 6.08 Å². The summed E-state index contributed by atoms with van der Waals surface area (Å²) in [6, 6.07) is 0. The lowest BCUT2D eigenvalue weighted by molar-refractivity contribution is 0.0195. The minimum Gasteiger partial charge on any atom is -0.392 e. The van der Waals surface area contributed by atoms with E-state index in [1.165, 1.54) is 16.7 Å². The lowest BCUT2D eigenvalue weighted by atomic mass is 9.52. The second-order valence-electron chi connectivity index (χ2n) is 9.00. The summed E-state index contributed by atoms with van der Waals surface area (Å²) in [5.74, 6) is 0.664. The van der Waals surface area contributed by atoms with Crippen LogP contribution in [0.4, 0.5) is 0 Å². The first-order valence-corrected chi connectivity index (χ1v) is 9.26. The van der Waals surface area contributed by atoms with Crippen LogP contribution in [0.1, 0.15) is 59.3 Å². The van der Waals surface area contributed by atoms with Crippen LogP contribution >= 0.6 is 0 Å². The van der Waals surface area contributed by atoms with E-state index in [1.54, 1.807) is 0 Å². The highest BCUT2D eigenvalue weighted by molar-refractivity contribution is 5.42. The quantitative estimate of drug-likeness (QED) is 0.602. The Kier molecular flexibility index (Phi) is 3.40. The van der Waals surface area contributed by atoms with Gasteiger partial charge in [-0.15, -0.1) is 0 Å². The van der Waals surface area contributed by atoms with Crippen LogP contribution in [-0.2, 0) is 0 Å². The highest BCUT2D eigenvalue weighted by atomic mass is 16.3. The molecule has 0 saturated heterocycles. The number of hydrogen-bond acceptors (Lipinski definition) is 3. The third kappa shape index (κ3) is 1.99. The van der Waals surface area contributed by atoms with E-state index in [9.17, 15) is 15.3 Å². The molecular weight excluding hydrogens is 288 g/mol. The van der Waals surface area contributed by atoms with Gasteiger partial charge in [0, 0.05) is 5.41 Å². The van der Waals surface area contributed by atoms with Gasteiger partial charge in [0.15, 0.2) is 0 Å². The van der Waals surface area contributed by atoms with Crippen molar-refractivity contribution >= 4 is 0 Å². The summed E-state index contributed by atoms with van der Waals surface area (Å²) in [4.78, 5) is 0. The lowest BCUT2D eigenvalue weighted by Gasteiger charge is -2.54. The highest BCUT2D eigenvalue weighted by Crippen LogP contribution is 2.63. The van der Waals surface area contributed by atoms with E-state index in [-0.39, 0.29) is 29.0 Å². The second-order valence-corrected chi connectivity index (χ2v) is 9.00. The van der Waals surface area contributed by atoms with Crippen molar-refractivity contribution in [3.05, 3.63) is 22.8 Å². The zero-order valence-electron chi connectivity index (χ0n) is 14.5. The topological polar surface area (TPSA) is 60.7 Å². The van der Waals surface area contributed by atoms with Gasteiger partial charge in [-0.05, 0) is 61.3 Å². The van der Waals surface area contributed by atoms with Crippen LogP contribution in [0.2, 0.25) is 0 Å². The van der Waals surface area contributed by atoms with Gasteiger partial charge in [-0.2, -0.15) is 0 Å². The van der Waals surface area contributed by atoms with Crippen LogP contribution in [0, 0.1) is 22.7 Å². The average molecular weight is 318 g/mol. The Bertz CT molecular complexity index is 592. The number of hydrogen-bond donors (Lipinski definition) is 3. The van der Waals surface area contributed by atoms with Gasteiger partial charge in [0.25, 0.3) is 0 Å². The first-order valence-electron chi connectivity index (χ1n) is 9.26. The van der Waals surface area contributed by atoms with Crippen molar-refractivity contribution in [1.82, 2.24) is 0 Å². The molecule has 0 heterocycles. The predicted octanol–water partition coefficient (Wildman–Crippen LogP) is 2.95. The largest absolute Gasteiger partial charge is 0.392 e. The smallest absolute Gasteiger partial charge is 0.0793 e. The molecule has 1 unspecified atom stereocenters. The molecule has 0 amide bonds. The molecule has 2 saturated carbocycles. The van der Waals surface area contributed by atoms with Crippen LogP contribution in [0.5, 0.6) is 0 Å². The van der Waals surface area contributed by atoms with Gasteiger partial charge < -0.3 is 15.3 Å². The molecule has 0 aromatic rings. The summed E-state index contributed by atoms with van der Waals surface area (Å²) in [7, 11) is 0. The molecule has 0 aromatic carbocycles. The molecule has 3 N–H and O–H groups in total. The Morgan fingerprint density at radius 1 is 1.00 bits per heavy atom. The number of rotatable bonds is 0. The fourth-order valence-electron chi connectivity index (χ4n) is 6.26. The SMILES string of the molecule is C[C@@H]1CC2=C3C(CC[C@]2(C)[C@H]1O)[C@@]1(C)CC[C@H](O)C=C1C[C@@H]3O. The van der Waals surface area contributed by atoms with Crippen LogP contribution in [-0.4, -0.2) is 33.6 Å². The van der Waals surface area contributed by atoms with Gasteiger partial charge in [-0.25, -0.2) is 0 Å². The third-order valence-corrected chi connectivity index (χ3v) is 7.71. The van der Waals surface area contributed by atoms with E-state index in [0.29, 0.717) is 12.3 Å². The molecule has 0 bridgehead atoms. The maximum atomic E-state index is 10.9. The van der Waals surface area contributed by atoms with Crippen LogP contribution in [0.25, 0.3) is 0 Å². The Balaban J connectivity index is 1.84. The van der Waals surface area contributed by atoms with Crippen LogP contribution < -0.4 is 0 Å². The zero-order chi connectivity index (χ0) is 16.6. The van der Waals surface area contributed by atoms with E-state index in [2.05, 4.69) is 20.8 Å². The summed E-state index contributed by atoms with van der Waals surface area (Å²) < 4.78 is 0. The summed E-state index contributed by atoms with van der Waals surface area (Å²) in [5.41, 5.74) is 3.80. The molecule has 128 valence electrons. The van der Waals surface area contributed by atoms with E-state index in [0.717, 1.165) is 32.1 Å². The maximum Gasteiger partial charge on any atom is 0.0793 e. The zero-order valence-corrected chi connectivity index (χ0v) is 14.5. The van der Waals surface area contributed by atoms with Crippen LogP contribution in [0.3, 0.4) is 0 Å². The minimum atomic E-state index is -0.434. The fraction of sp³-hybridized carbons (Fsp3) is 0.800. The molecule has 3 nitrogen and oxygen atoms in total. The lowest BCUT2D eigenvalue weighted by Crippen LogP contribution is -2.48. The van der Waals surface area contributed by atoms with Gasteiger partial charge in [0.1, 0.15) is 0 Å². The Labute approximate surface area is 139 Å². The fourth-order valence-corrected chi connectivity index (χ4v) is 6.26. The first-order chi connectivity index (χ1) is 10.8. The van der Waals surface area contributed by atoms with Crippen molar-refractivity contribution in [2.75, 3.05) is 0 Å². The van der Waals surface area contributed by atoms with Crippen molar-refractivity contribution in [3.8, 4) is 0 Å². The van der Waals surface area contributed by atoms with Gasteiger partial charge in [-0.1, -0.05) is 38.0 Å². The predicted molar refractivity (Wildman–Crippen MR) is 89.7 cm³/mol. The Morgan fingerprint density at radius 3 is 2.43 bits per heavy atom. The normalized spacial score (nSPS) is 52.6. The minimum absolute atomic E-state index is 0.0822. The molecule has 4 rings (SSSR count). The van der Waals surface area contributed by atoms with Crippen molar-refractivity contribution in [2.24, 2.45) is 22.7 Å². The Hall–Kier alpha value is -0.640. The monoisotopic (exact) mass is 318 g/mol. The maximum absolute atomic E-state index is 10.9. The second kappa shape index (κ2) is 4.93. The molecule has 23 heavy (non-hydrogen) atoms. The highest BCUT2D eigenvalue weighted by Gasteiger charge is 2.56. The molecule has 0 spiro atoms. The van der Waals surface area contributed by atoms with Gasteiger partial charge in [0.2, 0.25) is 0 Å². The van der Waals surface area contributed by atoms with E-state index in [4.69, 9.17) is 0 Å². The standard InChI is InChI=1S/C20H30O3/c1-11-8-15-17-14(5-7-20(15,3)18(11)23)19(2)6-4-13(21)9-12(19)10-16(17)22/h9,11,13-14,16,18,21-23H,4-8,10H2,1-3H3/t11-,13+,14?,16+,18+,19+,20+/m1/s1. The molecule has 0 aromatic heterocycles. The molecule has 2 fully saturated rings. The van der Waals surface area contributed by atoms with Crippen molar-refractivity contribution < 1.29 is 15.3 Å². The van der Waals surface area contributed by atoms with Crippen LogP contribution in [0.15, 0.2) is 22.8 Å². The van der Waals surface area contributed by atoms with Gasteiger partial charge in [0.05, 0.1) is 18.3 Å². The molecular formula is C20H30O3. The molecule has 4 aliphatic rings. The molecule has 3 heteroatoms. The first kappa shape index (κ1) is 15.9. The molecule has 0 radical (unpaired) electrons. The number of fused-ring (bicyclic) bond motifs is 4. The van der Waals surface area contributed by atoms with Crippen molar-refractivity contribution in [2.45, 2.75) is 77.6 Å². The number of aliphatic hydroxyl groups excluding tert-OH is 3. The summed E-state index contributed by atoms with van der Waals surface area (Å²) in [6.07, 6.45) is 6.42. The summed E-state index contributed by atoms with van der Waals surface area (Å²) in [6.45, 7) is 6.67. The van der Waals surface area contributed by atoms with E-state index >= 15 is 0 Å². The summed E-state index contributed by atoms with van der Waals surface area (Å²) >= 11 is 0. The van der Waals surface area contributed by atoms with Gasteiger partial charge >= 0.3 is 0 Å². The molecule has 4 aliphatic carbocycles. The molecule has 0 aliphatic heterocycles. The summed E-state index contributed by atoms with van der Waals surface area (Å²) in [5, 5.41) is 31.6. The van der Waals surface area contributed by atoms with Crippen molar-refractivity contribution in [3.63, 3.8) is 0 Å². The van der Waals surface area contributed by atoms with Gasteiger partial charge in [-0.3, -0.25) is 0 Å². The number of aliphatic hydroxyl groups is 3. The Morgan fingerprint density at radius 2 is 1.70 bits per heavy atom.